The zero-order valence-corrected chi connectivity index (χ0v) is 12.9. The second kappa shape index (κ2) is 5.22. The summed E-state index contributed by atoms with van der Waals surface area (Å²) in [6, 6.07) is 5.47. The van der Waals surface area contributed by atoms with Crippen LogP contribution >= 0.6 is 27.5 Å². The normalized spacial score (nSPS) is 18.7. The molecule has 1 unspecified atom stereocenters. The lowest BCUT2D eigenvalue weighted by Crippen LogP contribution is -2.19. The van der Waals surface area contributed by atoms with E-state index in [2.05, 4.69) is 20.9 Å². The van der Waals surface area contributed by atoms with Crippen LogP contribution in [0.5, 0.6) is 0 Å². The molecule has 2 heterocycles. The van der Waals surface area contributed by atoms with Gasteiger partial charge >= 0.3 is 0 Å². The molecule has 0 saturated carbocycles. The van der Waals surface area contributed by atoms with Gasteiger partial charge in [0.05, 0.1) is 5.02 Å². The van der Waals surface area contributed by atoms with E-state index in [1.807, 2.05) is 6.07 Å². The number of nitrogens with zero attached hydrogens (tertiary/aromatic N) is 1. The topological polar surface area (TPSA) is 53.2 Å². The molecule has 1 aromatic heterocycles. The number of hydrogen-bond donors (Lipinski definition) is 1. The lowest BCUT2D eigenvalue weighted by Gasteiger charge is -2.12. The first-order valence-electron chi connectivity index (χ1n) is 6.30. The van der Waals surface area contributed by atoms with Crippen molar-refractivity contribution in [2.75, 3.05) is 13.1 Å². The van der Waals surface area contributed by atoms with Gasteiger partial charge in [-0.15, -0.1) is 0 Å². The number of hydrogen-bond acceptors (Lipinski definition) is 2. The van der Waals surface area contributed by atoms with Crippen LogP contribution in [-0.2, 0) is 4.79 Å². The number of pyridine rings is 1. The maximum absolute atomic E-state index is 12.2. The molecular weight excluding hydrogens is 344 g/mol. The van der Waals surface area contributed by atoms with Crippen molar-refractivity contribution in [2.24, 2.45) is 0 Å². The smallest absolute Gasteiger partial charge is 0.256 e. The summed E-state index contributed by atoms with van der Waals surface area (Å²) in [4.78, 5) is 27.6. The van der Waals surface area contributed by atoms with E-state index in [1.165, 1.54) is 0 Å². The Morgan fingerprint density at radius 2 is 2.20 bits per heavy atom. The number of nitrogens with one attached hydrogen (secondary N) is 1. The molecule has 0 spiro atoms. The van der Waals surface area contributed by atoms with E-state index in [0.717, 1.165) is 30.5 Å². The Hall–Kier alpha value is -1.33. The van der Waals surface area contributed by atoms with Gasteiger partial charge in [-0.2, -0.15) is 0 Å². The average Bonchev–Trinajstić information content (AvgIpc) is 2.90. The fraction of sp³-hybridized carbons (Fsp3) is 0.286. The third kappa shape index (κ3) is 2.36. The minimum atomic E-state index is -0.126. The monoisotopic (exact) mass is 354 g/mol. The molecule has 3 rings (SSSR count). The maximum atomic E-state index is 12.2. The van der Waals surface area contributed by atoms with Gasteiger partial charge in [0.1, 0.15) is 0 Å². The zero-order valence-electron chi connectivity index (χ0n) is 10.5. The molecule has 1 fully saturated rings. The molecule has 1 aliphatic rings. The predicted octanol–water partition coefficient (Wildman–Crippen LogP) is 2.89. The number of rotatable bonds is 2. The van der Waals surface area contributed by atoms with Crippen LogP contribution in [0, 0.1) is 0 Å². The summed E-state index contributed by atoms with van der Waals surface area (Å²) in [7, 11) is 0. The van der Waals surface area contributed by atoms with Crippen molar-refractivity contribution in [3.8, 4) is 0 Å². The molecule has 2 aromatic rings. The van der Waals surface area contributed by atoms with Crippen molar-refractivity contribution in [2.45, 2.75) is 12.3 Å². The number of likely N-dealkylation sites (tertiary alicyclic amines) is 1. The zero-order chi connectivity index (χ0) is 14.3. The van der Waals surface area contributed by atoms with Crippen molar-refractivity contribution in [3.05, 3.63) is 43.7 Å². The molecule has 1 N–H and O–H groups in total. The van der Waals surface area contributed by atoms with E-state index in [4.69, 9.17) is 11.6 Å². The van der Waals surface area contributed by atoms with E-state index in [1.54, 1.807) is 17.0 Å². The summed E-state index contributed by atoms with van der Waals surface area (Å²) in [5.74, 6) is 0.180. The standard InChI is InChI=1S/C14H12BrClN2O2/c15-11-5-10-9(3-12(11)16)4-13(17-14(10)20)8-1-2-18(6-8)7-19/h3-5,7-8H,1-2,6H2,(H,17,20). The highest BCUT2D eigenvalue weighted by Gasteiger charge is 2.24. The molecule has 1 atom stereocenters. The molecule has 0 aliphatic carbocycles. The van der Waals surface area contributed by atoms with Crippen LogP contribution in [-0.4, -0.2) is 29.4 Å². The van der Waals surface area contributed by atoms with Gasteiger partial charge < -0.3 is 9.88 Å². The highest BCUT2D eigenvalue weighted by molar-refractivity contribution is 9.10. The summed E-state index contributed by atoms with van der Waals surface area (Å²) < 4.78 is 0.706. The van der Waals surface area contributed by atoms with Gasteiger partial charge in [0.2, 0.25) is 6.41 Å². The number of halogens is 2. The van der Waals surface area contributed by atoms with Crippen LogP contribution in [0.2, 0.25) is 5.02 Å². The second-order valence-electron chi connectivity index (χ2n) is 4.99. The molecule has 0 bridgehead atoms. The van der Waals surface area contributed by atoms with Gasteiger partial charge in [-0.05, 0) is 45.9 Å². The van der Waals surface area contributed by atoms with Crippen molar-refractivity contribution in [3.63, 3.8) is 0 Å². The first-order valence-corrected chi connectivity index (χ1v) is 7.47. The SMILES string of the molecule is O=CN1CCC(c2cc3cc(Cl)c(Br)cc3c(=O)[nH]2)C1. The Labute approximate surface area is 128 Å². The number of amides is 1. The fourth-order valence-corrected chi connectivity index (χ4v) is 3.15. The van der Waals surface area contributed by atoms with E-state index in [-0.39, 0.29) is 11.5 Å². The van der Waals surface area contributed by atoms with Crippen LogP contribution in [0.25, 0.3) is 10.8 Å². The van der Waals surface area contributed by atoms with E-state index < -0.39 is 0 Å². The Bertz CT molecular complexity index is 744. The van der Waals surface area contributed by atoms with Crippen LogP contribution in [0.15, 0.2) is 27.5 Å². The average molecular weight is 356 g/mol. The molecule has 1 aliphatic heterocycles. The lowest BCUT2D eigenvalue weighted by atomic mass is 10.0. The number of carbonyl (C=O) groups excluding carboxylic acids is 1. The van der Waals surface area contributed by atoms with Gasteiger partial charge in [-0.3, -0.25) is 9.59 Å². The number of fused-ring (bicyclic) bond motifs is 1. The van der Waals surface area contributed by atoms with Gasteiger partial charge in [-0.25, -0.2) is 0 Å². The number of carbonyl (C=O) groups is 1. The first-order chi connectivity index (χ1) is 9.58. The summed E-state index contributed by atoms with van der Waals surface area (Å²) in [5.41, 5.74) is 0.740. The second-order valence-corrected chi connectivity index (χ2v) is 6.25. The predicted molar refractivity (Wildman–Crippen MR) is 82.3 cm³/mol. The third-order valence-corrected chi connectivity index (χ3v) is 4.91. The van der Waals surface area contributed by atoms with E-state index >= 15 is 0 Å². The van der Waals surface area contributed by atoms with Gasteiger partial charge in [0, 0.05) is 34.6 Å². The number of aromatic amines is 1. The van der Waals surface area contributed by atoms with E-state index in [9.17, 15) is 9.59 Å². The van der Waals surface area contributed by atoms with Crippen molar-refractivity contribution < 1.29 is 4.79 Å². The molecule has 1 amide bonds. The van der Waals surface area contributed by atoms with Crippen LogP contribution in [0.1, 0.15) is 18.0 Å². The largest absolute Gasteiger partial charge is 0.345 e. The molecule has 104 valence electrons. The summed E-state index contributed by atoms with van der Waals surface area (Å²) in [6.45, 7) is 1.38. The van der Waals surface area contributed by atoms with Crippen LogP contribution in [0.4, 0.5) is 0 Å². The summed E-state index contributed by atoms with van der Waals surface area (Å²) in [6.07, 6.45) is 1.72. The highest BCUT2D eigenvalue weighted by Crippen LogP contribution is 2.30. The van der Waals surface area contributed by atoms with Crippen molar-refractivity contribution >= 4 is 44.7 Å². The highest BCUT2D eigenvalue weighted by atomic mass is 79.9. The fourth-order valence-electron chi connectivity index (χ4n) is 2.64. The van der Waals surface area contributed by atoms with E-state index in [0.29, 0.717) is 21.4 Å². The molecule has 1 saturated heterocycles. The van der Waals surface area contributed by atoms with Crippen molar-refractivity contribution in [1.82, 2.24) is 9.88 Å². The number of benzene rings is 1. The maximum Gasteiger partial charge on any atom is 0.256 e. The minimum Gasteiger partial charge on any atom is -0.345 e. The molecule has 6 heteroatoms. The molecule has 4 nitrogen and oxygen atoms in total. The third-order valence-electron chi connectivity index (χ3n) is 3.71. The Kier molecular flexibility index (Phi) is 3.56. The number of H-pyrrole nitrogens is 1. The lowest BCUT2D eigenvalue weighted by molar-refractivity contribution is -0.117. The van der Waals surface area contributed by atoms with Gasteiger partial charge in [0.25, 0.3) is 5.56 Å². The Morgan fingerprint density at radius 3 is 2.90 bits per heavy atom. The summed E-state index contributed by atoms with van der Waals surface area (Å²) in [5, 5.41) is 2.01. The van der Waals surface area contributed by atoms with Crippen LogP contribution < -0.4 is 5.56 Å². The molecule has 0 radical (unpaired) electrons. The van der Waals surface area contributed by atoms with Gasteiger partial charge in [-0.1, -0.05) is 11.6 Å². The molecule has 1 aromatic carbocycles. The first kappa shape index (κ1) is 13.6. The van der Waals surface area contributed by atoms with Gasteiger partial charge in [0.15, 0.2) is 0 Å². The van der Waals surface area contributed by atoms with Crippen molar-refractivity contribution in [1.29, 1.82) is 0 Å². The summed E-state index contributed by atoms with van der Waals surface area (Å²) >= 11 is 9.41. The molecule has 20 heavy (non-hydrogen) atoms. The Balaban J connectivity index is 2.08. The quantitative estimate of drug-likeness (QED) is 0.842. The minimum absolute atomic E-state index is 0.126. The Morgan fingerprint density at radius 1 is 1.40 bits per heavy atom. The number of aromatic nitrogens is 1. The van der Waals surface area contributed by atoms with Crippen LogP contribution in [0.3, 0.4) is 0 Å². The molecular formula is C14H12BrClN2O2.